The van der Waals surface area contributed by atoms with E-state index in [0.717, 1.165) is 11.4 Å². The number of ether oxygens (including phenoxy) is 1. The van der Waals surface area contributed by atoms with Crippen molar-refractivity contribution in [3.63, 3.8) is 0 Å². The van der Waals surface area contributed by atoms with Gasteiger partial charge in [0.05, 0.1) is 11.2 Å². The zero-order chi connectivity index (χ0) is 16.6. The molecule has 0 saturated heterocycles. The van der Waals surface area contributed by atoms with Crippen LogP contribution in [-0.4, -0.2) is 20.3 Å². The lowest BCUT2D eigenvalue weighted by atomic mass is 10.3. The number of benzene rings is 1. The Labute approximate surface area is 139 Å². The number of para-hydroxylation sites is 1. The number of rotatable bonds is 3. The van der Waals surface area contributed by atoms with Gasteiger partial charge in [0.25, 0.3) is 0 Å². The maximum absolute atomic E-state index is 12.6. The molecule has 0 saturated carbocycles. The van der Waals surface area contributed by atoms with Crippen LogP contribution in [0.5, 0.6) is 5.75 Å². The molecule has 0 aliphatic heterocycles. The Morgan fingerprint density at radius 3 is 2.43 bits per heavy atom. The number of halogens is 1. The van der Waals surface area contributed by atoms with E-state index < -0.39 is 5.97 Å². The minimum absolute atomic E-state index is 0.329. The third kappa shape index (κ3) is 2.75. The van der Waals surface area contributed by atoms with Gasteiger partial charge in [0, 0.05) is 18.4 Å². The summed E-state index contributed by atoms with van der Waals surface area (Å²) >= 11 is 6.05. The summed E-state index contributed by atoms with van der Waals surface area (Å²) in [6.07, 6.45) is 1.51. The summed E-state index contributed by atoms with van der Waals surface area (Å²) in [5.41, 5.74) is 2.41. The lowest BCUT2D eigenvalue weighted by Gasteiger charge is -2.12. The second kappa shape index (κ2) is 5.93. The molecule has 2 aromatic heterocycles. The van der Waals surface area contributed by atoms with Crippen molar-refractivity contribution in [2.45, 2.75) is 13.8 Å². The van der Waals surface area contributed by atoms with E-state index in [9.17, 15) is 4.79 Å². The molecule has 23 heavy (non-hydrogen) atoms. The number of hydrogen-bond acceptors (Lipinski definition) is 3. The number of hydrogen-bond donors (Lipinski definition) is 0. The predicted octanol–water partition coefficient (Wildman–Crippen LogP) is 3.70. The number of carbonyl (C=O) groups excluding carboxylic acids is 1. The molecule has 0 bridgehead atoms. The molecule has 3 aromatic rings. The zero-order valence-electron chi connectivity index (χ0n) is 13.1. The van der Waals surface area contributed by atoms with Gasteiger partial charge in [0.15, 0.2) is 0 Å². The van der Waals surface area contributed by atoms with Crippen molar-refractivity contribution >= 4 is 17.6 Å². The Hall–Kier alpha value is -2.53. The van der Waals surface area contributed by atoms with E-state index in [4.69, 9.17) is 16.3 Å². The number of carbonyl (C=O) groups is 1. The van der Waals surface area contributed by atoms with Gasteiger partial charge >= 0.3 is 5.97 Å². The smallest absolute Gasteiger partial charge is 0.349 e. The van der Waals surface area contributed by atoms with Crippen molar-refractivity contribution in [2.24, 2.45) is 7.05 Å². The second-order valence-corrected chi connectivity index (χ2v) is 5.68. The highest BCUT2D eigenvalue weighted by atomic mass is 35.5. The van der Waals surface area contributed by atoms with Gasteiger partial charge < -0.3 is 9.30 Å². The number of nitrogens with zero attached hydrogens (tertiary/aromatic N) is 3. The summed E-state index contributed by atoms with van der Waals surface area (Å²) in [7, 11) is 1.79. The van der Waals surface area contributed by atoms with Crippen molar-refractivity contribution in [1.29, 1.82) is 0 Å². The van der Waals surface area contributed by atoms with E-state index in [1.165, 1.54) is 6.20 Å². The molecule has 2 heterocycles. The number of aryl methyl sites for hydroxylation is 3. The fraction of sp³-hybridized carbons (Fsp3) is 0.176. The maximum Gasteiger partial charge on any atom is 0.349 e. The van der Waals surface area contributed by atoms with Gasteiger partial charge in [-0.15, -0.1) is 0 Å². The normalized spacial score (nSPS) is 10.8. The maximum atomic E-state index is 12.6. The first kappa shape index (κ1) is 15.4. The third-order valence-corrected chi connectivity index (χ3v) is 3.96. The lowest BCUT2D eigenvalue weighted by Crippen LogP contribution is -2.14. The van der Waals surface area contributed by atoms with Gasteiger partial charge in [-0.25, -0.2) is 4.79 Å². The second-order valence-electron chi connectivity index (χ2n) is 5.28. The molecular formula is C17H16ClN3O2. The standard InChI is InChI=1S/C17H16ClN3O2/c1-11-8-9-12(2)21(11)16-13(10-19-20(16)3)17(22)23-15-7-5-4-6-14(15)18/h4-10H,1-3H3. The van der Waals surface area contributed by atoms with Crippen LogP contribution in [0.3, 0.4) is 0 Å². The van der Waals surface area contributed by atoms with Crippen LogP contribution >= 0.6 is 11.6 Å². The molecule has 0 radical (unpaired) electrons. The lowest BCUT2D eigenvalue weighted by molar-refractivity contribution is 0.0735. The monoisotopic (exact) mass is 329 g/mol. The highest BCUT2D eigenvalue weighted by molar-refractivity contribution is 6.32. The van der Waals surface area contributed by atoms with Crippen LogP contribution in [0.25, 0.3) is 5.82 Å². The fourth-order valence-corrected chi connectivity index (χ4v) is 2.70. The van der Waals surface area contributed by atoms with Crippen LogP contribution < -0.4 is 4.74 Å². The highest BCUT2D eigenvalue weighted by Gasteiger charge is 2.22. The molecule has 3 rings (SSSR count). The summed E-state index contributed by atoms with van der Waals surface area (Å²) in [6, 6.07) is 10.9. The third-order valence-electron chi connectivity index (χ3n) is 3.65. The average molecular weight is 330 g/mol. The molecule has 0 atom stereocenters. The molecule has 0 unspecified atom stereocenters. The predicted molar refractivity (Wildman–Crippen MR) is 88.4 cm³/mol. The van der Waals surface area contributed by atoms with E-state index in [1.807, 2.05) is 30.5 Å². The summed E-state index contributed by atoms with van der Waals surface area (Å²) < 4.78 is 9.05. The Bertz CT molecular complexity index is 860. The van der Waals surface area contributed by atoms with Crippen LogP contribution in [0.4, 0.5) is 0 Å². The van der Waals surface area contributed by atoms with E-state index in [0.29, 0.717) is 22.2 Å². The molecule has 0 spiro atoms. The minimum atomic E-state index is -0.492. The van der Waals surface area contributed by atoms with Crippen LogP contribution in [0.15, 0.2) is 42.6 Å². The molecule has 1 aromatic carbocycles. The van der Waals surface area contributed by atoms with Gasteiger partial charge in [0.1, 0.15) is 17.1 Å². The van der Waals surface area contributed by atoms with Gasteiger partial charge in [-0.3, -0.25) is 4.68 Å². The number of esters is 1. The quantitative estimate of drug-likeness (QED) is 0.544. The molecular weight excluding hydrogens is 314 g/mol. The largest absolute Gasteiger partial charge is 0.421 e. The molecule has 5 nitrogen and oxygen atoms in total. The summed E-state index contributed by atoms with van der Waals surface area (Å²) in [5.74, 6) is 0.505. The molecule has 118 valence electrons. The summed E-state index contributed by atoms with van der Waals surface area (Å²) in [4.78, 5) is 12.6. The van der Waals surface area contributed by atoms with Crippen molar-refractivity contribution in [2.75, 3.05) is 0 Å². The first-order chi connectivity index (χ1) is 11.0. The fourth-order valence-electron chi connectivity index (χ4n) is 2.53. The molecule has 0 N–H and O–H groups in total. The Kier molecular flexibility index (Phi) is 3.96. The molecule has 0 aliphatic carbocycles. The van der Waals surface area contributed by atoms with Crippen LogP contribution in [0, 0.1) is 13.8 Å². The molecule has 6 heteroatoms. The van der Waals surface area contributed by atoms with Crippen LogP contribution in [0.2, 0.25) is 5.02 Å². The van der Waals surface area contributed by atoms with Crippen LogP contribution in [0.1, 0.15) is 21.7 Å². The molecule has 0 aliphatic rings. The van der Waals surface area contributed by atoms with Gasteiger partial charge in [-0.2, -0.15) is 5.10 Å². The van der Waals surface area contributed by atoms with Crippen LogP contribution in [-0.2, 0) is 7.05 Å². The number of aromatic nitrogens is 3. The van der Waals surface area contributed by atoms with Crippen molar-refractivity contribution < 1.29 is 9.53 Å². The van der Waals surface area contributed by atoms with E-state index in [-0.39, 0.29) is 0 Å². The SMILES string of the molecule is Cc1ccc(C)n1-c1c(C(=O)Oc2ccccc2Cl)cnn1C. The molecule has 0 amide bonds. The Balaban J connectivity index is 2.02. The van der Waals surface area contributed by atoms with Crippen molar-refractivity contribution in [3.8, 4) is 11.6 Å². The van der Waals surface area contributed by atoms with Crippen molar-refractivity contribution in [3.05, 3.63) is 64.6 Å². The highest BCUT2D eigenvalue weighted by Crippen LogP contribution is 2.26. The Morgan fingerprint density at radius 2 is 1.78 bits per heavy atom. The topological polar surface area (TPSA) is 49.1 Å². The van der Waals surface area contributed by atoms with E-state index in [1.54, 1.807) is 36.0 Å². The van der Waals surface area contributed by atoms with Crippen molar-refractivity contribution in [1.82, 2.24) is 14.3 Å². The van der Waals surface area contributed by atoms with Gasteiger partial charge in [0.2, 0.25) is 0 Å². The van der Waals surface area contributed by atoms with E-state index >= 15 is 0 Å². The van der Waals surface area contributed by atoms with E-state index in [2.05, 4.69) is 5.10 Å². The average Bonchev–Trinajstić information content (AvgIpc) is 3.04. The first-order valence-corrected chi connectivity index (χ1v) is 7.51. The van der Waals surface area contributed by atoms with Gasteiger partial charge in [-0.1, -0.05) is 23.7 Å². The summed E-state index contributed by atoms with van der Waals surface area (Å²) in [5, 5.41) is 4.59. The first-order valence-electron chi connectivity index (χ1n) is 7.13. The minimum Gasteiger partial charge on any atom is -0.421 e. The summed E-state index contributed by atoms with van der Waals surface area (Å²) in [6.45, 7) is 3.95. The van der Waals surface area contributed by atoms with Gasteiger partial charge in [-0.05, 0) is 38.1 Å². The Morgan fingerprint density at radius 1 is 1.13 bits per heavy atom. The molecule has 0 fully saturated rings. The zero-order valence-corrected chi connectivity index (χ0v) is 13.8.